The van der Waals surface area contributed by atoms with Crippen molar-refractivity contribution in [2.75, 3.05) is 22.8 Å². The highest BCUT2D eigenvalue weighted by Crippen LogP contribution is 2.27. The summed E-state index contributed by atoms with van der Waals surface area (Å²) in [7, 11) is -3.05. The van der Waals surface area contributed by atoms with Crippen LogP contribution in [0.3, 0.4) is 0 Å². The van der Waals surface area contributed by atoms with Gasteiger partial charge in [-0.3, -0.25) is 4.79 Å². The Morgan fingerprint density at radius 1 is 1.20 bits per heavy atom. The molecule has 210 valence electrons. The molecule has 2 heterocycles. The fraction of sp³-hybridized carbons (Fsp3) is 0.200. The first-order chi connectivity index (χ1) is 18.5. The molecule has 3 amide bonds. The Morgan fingerprint density at radius 3 is 2.58 bits per heavy atom. The summed E-state index contributed by atoms with van der Waals surface area (Å²) in [6.07, 6.45) is 1.44. The lowest BCUT2D eigenvalue weighted by molar-refractivity contribution is -0.120. The van der Waals surface area contributed by atoms with Crippen molar-refractivity contribution >= 4 is 58.7 Å². The summed E-state index contributed by atoms with van der Waals surface area (Å²) in [6, 6.07) is 9.42. The van der Waals surface area contributed by atoms with Crippen LogP contribution in [0.1, 0.15) is 16.7 Å². The van der Waals surface area contributed by atoms with Gasteiger partial charge < -0.3 is 10.2 Å². The molecule has 1 atom stereocenters. The summed E-state index contributed by atoms with van der Waals surface area (Å²) in [5, 5.41) is 11.7. The number of urea groups is 1. The summed E-state index contributed by atoms with van der Waals surface area (Å²) >= 11 is 5.97. The molecule has 0 radical (unpaired) electrons. The minimum atomic E-state index is -4.40. The van der Waals surface area contributed by atoms with Gasteiger partial charge >= 0.3 is 16.2 Å². The van der Waals surface area contributed by atoms with E-state index < -0.39 is 39.8 Å². The standard InChI is InChI=1S/C25H21ClF2N6O4S.H2S/c1-33(20-4-5-21(26)17(12-20)14-29)24(35)22(11-15-9-18(27)13-19(28)10-15)31-25(36)32-39(37,38)34-8-6-16-3-2-7-30-23(16)34;/h2-5,7,9-10,12-13,22H,6,8,11H2,1H3,(H2,31,32,36);1H2/t22-;/m0./s1. The lowest BCUT2D eigenvalue weighted by Crippen LogP contribution is -2.54. The van der Waals surface area contributed by atoms with Crippen LogP contribution >= 0.6 is 25.1 Å². The third kappa shape index (κ3) is 6.79. The van der Waals surface area contributed by atoms with Gasteiger partial charge in [-0.15, -0.1) is 0 Å². The number of carbonyl (C=O) groups excluding carboxylic acids is 2. The van der Waals surface area contributed by atoms with Gasteiger partial charge in [-0.25, -0.2) is 27.6 Å². The molecule has 0 aliphatic carbocycles. The van der Waals surface area contributed by atoms with Crippen molar-refractivity contribution in [3.8, 4) is 6.07 Å². The molecule has 1 aliphatic heterocycles. The maximum absolute atomic E-state index is 13.8. The van der Waals surface area contributed by atoms with E-state index >= 15 is 0 Å². The second-order valence-corrected chi connectivity index (χ2v) is 10.6. The lowest BCUT2D eigenvalue weighted by atomic mass is 10.0. The molecule has 3 aromatic rings. The summed E-state index contributed by atoms with van der Waals surface area (Å²) in [5.41, 5.74) is 1.06. The molecule has 0 saturated heterocycles. The topological polar surface area (TPSA) is 136 Å². The Bertz CT molecular complexity index is 1580. The van der Waals surface area contributed by atoms with Crippen LogP contribution in [0.4, 0.5) is 25.1 Å². The summed E-state index contributed by atoms with van der Waals surface area (Å²) in [6.45, 7) is 0.0560. The van der Waals surface area contributed by atoms with Crippen molar-refractivity contribution in [2.45, 2.75) is 18.9 Å². The molecule has 0 fully saturated rings. The maximum atomic E-state index is 13.8. The number of halogens is 3. The van der Waals surface area contributed by atoms with Crippen molar-refractivity contribution in [2.24, 2.45) is 0 Å². The van der Waals surface area contributed by atoms with Crippen LogP contribution in [0.5, 0.6) is 0 Å². The number of nitrogens with zero attached hydrogens (tertiary/aromatic N) is 4. The number of carbonyl (C=O) groups is 2. The minimum absolute atomic E-state index is 0. The van der Waals surface area contributed by atoms with Crippen molar-refractivity contribution in [1.82, 2.24) is 15.0 Å². The molecule has 1 aliphatic rings. The van der Waals surface area contributed by atoms with Crippen LogP contribution in [0, 0.1) is 23.0 Å². The number of aromatic nitrogens is 1. The maximum Gasteiger partial charge on any atom is 0.330 e. The van der Waals surface area contributed by atoms with E-state index in [0.717, 1.165) is 21.3 Å². The molecule has 0 saturated carbocycles. The Labute approximate surface area is 241 Å². The van der Waals surface area contributed by atoms with Crippen LogP contribution in [-0.2, 0) is 27.8 Å². The molecule has 0 spiro atoms. The molecule has 0 bridgehead atoms. The number of hydrogen-bond donors (Lipinski definition) is 2. The van der Waals surface area contributed by atoms with Gasteiger partial charge in [-0.1, -0.05) is 17.7 Å². The van der Waals surface area contributed by atoms with Gasteiger partial charge in [0.25, 0.3) is 0 Å². The number of rotatable bonds is 7. The van der Waals surface area contributed by atoms with E-state index in [1.165, 1.54) is 31.4 Å². The Morgan fingerprint density at radius 2 is 1.90 bits per heavy atom. The average Bonchev–Trinajstić information content (AvgIpc) is 3.32. The quantitative estimate of drug-likeness (QED) is 0.423. The van der Waals surface area contributed by atoms with Crippen molar-refractivity contribution in [3.63, 3.8) is 0 Å². The fourth-order valence-corrected chi connectivity index (χ4v) is 5.39. The molecule has 4 rings (SSSR count). The zero-order valence-electron chi connectivity index (χ0n) is 20.9. The SMILES string of the molecule is CN(C(=O)[C@H](Cc1cc(F)cc(F)c1)NC(=O)NS(=O)(=O)N1CCc2cccnc21)c1ccc(Cl)c(C#N)c1.S. The van der Waals surface area contributed by atoms with Crippen LogP contribution in [0.2, 0.25) is 5.02 Å². The third-order valence-corrected chi connectivity index (χ3v) is 7.66. The van der Waals surface area contributed by atoms with Crippen molar-refractivity contribution < 1.29 is 26.8 Å². The van der Waals surface area contributed by atoms with E-state index in [-0.39, 0.29) is 54.1 Å². The van der Waals surface area contributed by atoms with E-state index in [1.54, 1.807) is 12.1 Å². The third-order valence-electron chi connectivity index (χ3n) is 5.95. The molecule has 10 nitrogen and oxygen atoms in total. The van der Waals surface area contributed by atoms with E-state index in [9.17, 15) is 32.0 Å². The predicted octanol–water partition coefficient (Wildman–Crippen LogP) is 3.18. The highest BCUT2D eigenvalue weighted by molar-refractivity contribution is 7.91. The van der Waals surface area contributed by atoms with Gasteiger partial charge in [0.15, 0.2) is 0 Å². The lowest BCUT2D eigenvalue weighted by Gasteiger charge is -2.26. The smallest absolute Gasteiger partial charge is 0.325 e. The van der Waals surface area contributed by atoms with Gasteiger partial charge in [0.05, 0.1) is 10.6 Å². The number of nitriles is 1. The first kappa shape index (κ1) is 30.6. The molecule has 15 heteroatoms. The van der Waals surface area contributed by atoms with E-state index in [2.05, 4.69) is 10.3 Å². The summed E-state index contributed by atoms with van der Waals surface area (Å²) in [5.74, 6) is -2.37. The average molecular weight is 609 g/mol. The Kier molecular flexibility index (Phi) is 9.56. The molecule has 40 heavy (non-hydrogen) atoms. The second-order valence-electron chi connectivity index (χ2n) is 8.60. The molecular formula is C25H23ClF2N6O4S2. The molecule has 2 N–H and O–H groups in total. The number of nitrogens with one attached hydrogen (secondary N) is 2. The zero-order chi connectivity index (χ0) is 28.3. The number of benzene rings is 2. The van der Waals surface area contributed by atoms with Crippen LogP contribution in [-0.4, -0.2) is 45.0 Å². The number of anilines is 2. The first-order valence-corrected chi connectivity index (χ1v) is 13.3. The van der Waals surface area contributed by atoms with Crippen molar-refractivity contribution in [1.29, 1.82) is 5.26 Å². The number of pyridine rings is 1. The summed E-state index contributed by atoms with van der Waals surface area (Å²) < 4.78 is 56.3. The van der Waals surface area contributed by atoms with Crippen LogP contribution in [0.25, 0.3) is 0 Å². The van der Waals surface area contributed by atoms with Crippen molar-refractivity contribution in [3.05, 3.63) is 88.1 Å². The molecule has 0 unspecified atom stereocenters. The predicted molar refractivity (Wildman–Crippen MR) is 150 cm³/mol. The van der Waals surface area contributed by atoms with Crippen LogP contribution < -0.4 is 19.2 Å². The Balaban J connectivity index is 0.00000441. The molecular weight excluding hydrogens is 586 g/mol. The van der Waals surface area contributed by atoms with Gasteiger partial charge in [0.1, 0.15) is 29.6 Å². The van der Waals surface area contributed by atoms with E-state index in [4.69, 9.17) is 11.6 Å². The number of amides is 3. The highest BCUT2D eigenvalue weighted by Gasteiger charge is 2.33. The first-order valence-electron chi connectivity index (χ1n) is 11.5. The van der Waals surface area contributed by atoms with Gasteiger partial charge in [0, 0.05) is 38.0 Å². The van der Waals surface area contributed by atoms with E-state index in [0.29, 0.717) is 18.1 Å². The summed E-state index contributed by atoms with van der Waals surface area (Å²) in [4.78, 5) is 31.4. The Hall–Kier alpha value is -3.93. The normalized spacial score (nSPS) is 12.9. The highest BCUT2D eigenvalue weighted by atomic mass is 35.5. The second kappa shape index (κ2) is 12.5. The fourth-order valence-electron chi connectivity index (χ4n) is 4.10. The molecule has 1 aromatic heterocycles. The van der Waals surface area contributed by atoms with Crippen LogP contribution in [0.15, 0.2) is 54.7 Å². The zero-order valence-corrected chi connectivity index (χ0v) is 23.4. The van der Waals surface area contributed by atoms with E-state index in [1.807, 2.05) is 10.8 Å². The number of likely N-dealkylation sites (N-methyl/N-ethyl adjacent to an activating group) is 1. The number of fused-ring (bicyclic) bond motifs is 1. The van der Waals surface area contributed by atoms with Gasteiger partial charge in [-0.05, 0) is 53.9 Å². The monoisotopic (exact) mass is 608 g/mol. The molecule has 2 aromatic carbocycles. The number of hydrogen-bond acceptors (Lipinski definition) is 6. The van der Waals surface area contributed by atoms with Gasteiger partial charge in [-0.2, -0.15) is 27.2 Å². The largest absolute Gasteiger partial charge is 0.330 e. The minimum Gasteiger partial charge on any atom is -0.325 e. The van der Waals surface area contributed by atoms with Gasteiger partial charge in [0.2, 0.25) is 5.91 Å².